The molecule has 0 aliphatic carbocycles. The molecule has 120 valence electrons. The van der Waals surface area contributed by atoms with Gasteiger partial charge in [0.15, 0.2) is 0 Å². The summed E-state index contributed by atoms with van der Waals surface area (Å²) in [6, 6.07) is 7.98. The molecule has 22 heavy (non-hydrogen) atoms. The third-order valence-electron chi connectivity index (χ3n) is 3.96. The lowest BCUT2D eigenvalue weighted by Crippen LogP contribution is -2.46. The van der Waals surface area contributed by atoms with Crippen molar-refractivity contribution in [1.29, 1.82) is 0 Å². The number of hydrogen-bond donors (Lipinski definition) is 2. The van der Waals surface area contributed by atoms with Crippen LogP contribution in [0.15, 0.2) is 24.3 Å². The maximum Gasteiger partial charge on any atom is 0.0738 e. The Morgan fingerprint density at radius 3 is 2.77 bits per heavy atom. The van der Waals surface area contributed by atoms with Gasteiger partial charge in [-0.1, -0.05) is 29.8 Å². The molecule has 2 N–H and O–H groups in total. The van der Waals surface area contributed by atoms with Gasteiger partial charge in [-0.15, -0.1) is 0 Å². The standard InChI is InChI=1S/C17H23ClN2O2/c1-12-13-6-4-5-7-14(13)20-15(16(12)18)10-19-17(2,8-9-21)11-22-3/h4-7,19,21H,8-11H2,1-3H3. The van der Waals surface area contributed by atoms with E-state index in [-0.39, 0.29) is 12.1 Å². The number of benzene rings is 1. The van der Waals surface area contributed by atoms with E-state index in [0.29, 0.717) is 24.6 Å². The van der Waals surface area contributed by atoms with E-state index >= 15 is 0 Å². The lowest BCUT2D eigenvalue weighted by molar-refractivity contribution is 0.0967. The fourth-order valence-corrected chi connectivity index (χ4v) is 2.82. The van der Waals surface area contributed by atoms with Crippen molar-refractivity contribution >= 4 is 22.5 Å². The van der Waals surface area contributed by atoms with Crippen LogP contribution in [0.3, 0.4) is 0 Å². The number of aliphatic hydroxyl groups excluding tert-OH is 1. The van der Waals surface area contributed by atoms with Crippen LogP contribution in [0, 0.1) is 6.92 Å². The highest BCUT2D eigenvalue weighted by Gasteiger charge is 2.24. The second-order valence-electron chi connectivity index (χ2n) is 5.84. The monoisotopic (exact) mass is 322 g/mol. The third kappa shape index (κ3) is 3.76. The number of aromatic nitrogens is 1. The number of aryl methyl sites for hydroxylation is 1. The highest BCUT2D eigenvalue weighted by Crippen LogP contribution is 2.27. The fraction of sp³-hybridized carbons (Fsp3) is 0.471. The second-order valence-corrected chi connectivity index (χ2v) is 6.21. The predicted molar refractivity (Wildman–Crippen MR) is 90.3 cm³/mol. The van der Waals surface area contributed by atoms with Crippen molar-refractivity contribution in [1.82, 2.24) is 10.3 Å². The Morgan fingerprint density at radius 2 is 2.09 bits per heavy atom. The molecule has 0 spiro atoms. The van der Waals surface area contributed by atoms with Gasteiger partial charge in [-0.25, -0.2) is 4.98 Å². The summed E-state index contributed by atoms with van der Waals surface area (Å²) in [6.07, 6.45) is 0.602. The van der Waals surface area contributed by atoms with E-state index < -0.39 is 0 Å². The summed E-state index contributed by atoms with van der Waals surface area (Å²) < 4.78 is 5.25. The molecule has 0 radical (unpaired) electrons. The van der Waals surface area contributed by atoms with Gasteiger partial charge in [-0.2, -0.15) is 0 Å². The molecule has 0 amide bonds. The number of rotatable bonds is 7. The van der Waals surface area contributed by atoms with Crippen LogP contribution in [0.25, 0.3) is 10.9 Å². The van der Waals surface area contributed by atoms with Crippen molar-refractivity contribution in [2.75, 3.05) is 20.3 Å². The maximum absolute atomic E-state index is 9.23. The Balaban J connectivity index is 2.26. The number of para-hydroxylation sites is 1. The van der Waals surface area contributed by atoms with Crippen LogP contribution in [0.2, 0.25) is 5.02 Å². The third-order valence-corrected chi connectivity index (χ3v) is 4.46. The van der Waals surface area contributed by atoms with Gasteiger partial charge < -0.3 is 15.2 Å². The van der Waals surface area contributed by atoms with Crippen LogP contribution < -0.4 is 5.32 Å². The minimum Gasteiger partial charge on any atom is -0.396 e. The molecule has 1 aromatic carbocycles. The Bertz CT molecular complexity index is 640. The molecule has 0 bridgehead atoms. The van der Waals surface area contributed by atoms with E-state index in [2.05, 4.69) is 10.3 Å². The topological polar surface area (TPSA) is 54.4 Å². The minimum atomic E-state index is -0.311. The van der Waals surface area contributed by atoms with Gasteiger partial charge in [0.1, 0.15) is 0 Å². The quantitative estimate of drug-likeness (QED) is 0.822. The number of aliphatic hydroxyl groups is 1. The lowest BCUT2D eigenvalue weighted by atomic mass is 9.99. The smallest absolute Gasteiger partial charge is 0.0738 e. The van der Waals surface area contributed by atoms with Gasteiger partial charge >= 0.3 is 0 Å². The molecule has 1 unspecified atom stereocenters. The molecular weight excluding hydrogens is 300 g/mol. The molecule has 4 nitrogen and oxygen atoms in total. The zero-order valence-corrected chi connectivity index (χ0v) is 14.1. The number of pyridine rings is 1. The van der Waals surface area contributed by atoms with E-state index in [0.717, 1.165) is 22.2 Å². The van der Waals surface area contributed by atoms with Crippen LogP contribution >= 0.6 is 11.6 Å². The zero-order chi connectivity index (χ0) is 16.2. The summed E-state index contributed by atoms with van der Waals surface area (Å²) in [4.78, 5) is 4.66. The Morgan fingerprint density at radius 1 is 1.36 bits per heavy atom. The minimum absolute atomic E-state index is 0.102. The highest BCUT2D eigenvalue weighted by molar-refractivity contribution is 6.32. The van der Waals surface area contributed by atoms with Crippen molar-refractivity contribution in [2.45, 2.75) is 32.4 Å². The zero-order valence-electron chi connectivity index (χ0n) is 13.3. The number of fused-ring (bicyclic) bond motifs is 1. The predicted octanol–water partition coefficient (Wildman–Crippen LogP) is 3.07. The van der Waals surface area contributed by atoms with Crippen molar-refractivity contribution < 1.29 is 9.84 Å². The molecule has 1 atom stereocenters. The van der Waals surface area contributed by atoms with Crippen LogP contribution in [0.1, 0.15) is 24.6 Å². The van der Waals surface area contributed by atoms with Gasteiger partial charge in [0, 0.05) is 31.2 Å². The van der Waals surface area contributed by atoms with Crippen molar-refractivity contribution in [3.05, 3.63) is 40.5 Å². The van der Waals surface area contributed by atoms with E-state index in [1.165, 1.54) is 0 Å². The molecule has 0 fully saturated rings. The summed E-state index contributed by atoms with van der Waals surface area (Å²) in [5.41, 5.74) is 2.49. The summed E-state index contributed by atoms with van der Waals surface area (Å²) in [7, 11) is 1.66. The first-order valence-electron chi connectivity index (χ1n) is 7.39. The van der Waals surface area contributed by atoms with Crippen LogP contribution in [0.4, 0.5) is 0 Å². The van der Waals surface area contributed by atoms with E-state index in [9.17, 15) is 5.11 Å². The van der Waals surface area contributed by atoms with Gasteiger partial charge in [-0.3, -0.25) is 0 Å². The van der Waals surface area contributed by atoms with Gasteiger partial charge in [-0.05, 0) is 31.9 Å². The number of ether oxygens (including phenoxy) is 1. The highest BCUT2D eigenvalue weighted by atomic mass is 35.5. The Hall–Kier alpha value is -1.20. The molecular formula is C17H23ClN2O2. The molecule has 0 aliphatic rings. The molecule has 0 aliphatic heterocycles. The van der Waals surface area contributed by atoms with E-state index in [1.807, 2.05) is 38.1 Å². The molecule has 0 saturated heterocycles. The van der Waals surface area contributed by atoms with Crippen LogP contribution in [0.5, 0.6) is 0 Å². The number of hydrogen-bond acceptors (Lipinski definition) is 4. The van der Waals surface area contributed by atoms with Gasteiger partial charge in [0.25, 0.3) is 0 Å². The number of nitrogens with zero attached hydrogens (tertiary/aromatic N) is 1. The molecule has 1 heterocycles. The lowest BCUT2D eigenvalue weighted by Gasteiger charge is -2.29. The fourth-order valence-electron chi connectivity index (χ4n) is 2.61. The summed E-state index contributed by atoms with van der Waals surface area (Å²) >= 11 is 6.47. The Kier molecular flexibility index (Phi) is 5.75. The average molecular weight is 323 g/mol. The van der Waals surface area contributed by atoms with Crippen LogP contribution in [-0.4, -0.2) is 36.0 Å². The molecule has 1 aromatic heterocycles. The van der Waals surface area contributed by atoms with Crippen molar-refractivity contribution in [3.8, 4) is 0 Å². The molecule has 2 aromatic rings. The number of halogens is 1. The molecule has 5 heteroatoms. The maximum atomic E-state index is 9.23. The van der Waals surface area contributed by atoms with Crippen LogP contribution in [-0.2, 0) is 11.3 Å². The summed E-state index contributed by atoms with van der Waals surface area (Å²) in [6.45, 7) is 5.18. The van der Waals surface area contributed by atoms with Gasteiger partial charge in [0.2, 0.25) is 0 Å². The molecule has 0 saturated carbocycles. The first-order chi connectivity index (χ1) is 10.5. The first kappa shape index (κ1) is 17.2. The van der Waals surface area contributed by atoms with Gasteiger partial charge in [0.05, 0.1) is 22.8 Å². The Labute approximate surface area is 136 Å². The van der Waals surface area contributed by atoms with E-state index in [4.69, 9.17) is 16.3 Å². The molecule has 2 rings (SSSR count). The average Bonchev–Trinajstić information content (AvgIpc) is 2.50. The number of nitrogens with one attached hydrogen (secondary N) is 1. The normalized spacial score (nSPS) is 14.2. The number of methoxy groups -OCH3 is 1. The summed E-state index contributed by atoms with van der Waals surface area (Å²) in [5, 5.41) is 14.4. The second kappa shape index (κ2) is 7.38. The first-order valence-corrected chi connectivity index (χ1v) is 7.77. The van der Waals surface area contributed by atoms with E-state index in [1.54, 1.807) is 7.11 Å². The SMILES string of the molecule is COCC(C)(CCO)NCc1nc2ccccc2c(C)c1Cl. The summed E-state index contributed by atoms with van der Waals surface area (Å²) in [5.74, 6) is 0. The largest absolute Gasteiger partial charge is 0.396 e. The van der Waals surface area contributed by atoms with Crippen molar-refractivity contribution in [2.24, 2.45) is 0 Å². The van der Waals surface area contributed by atoms with Crippen molar-refractivity contribution in [3.63, 3.8) is 0 Å².